The molecule has 0 saturated carbocycles. The predicted octanol–water partition coefficient (Wildman–Crippen LogP) is 5.90. The highest BCUT2D eigenvalue weighted by Gasteiger charge is 2.17. The smallest absolute Gasteiger partial charge is 0.374 e. The van der Waals surface area contributed by atoms with E-state index >= 15 is 0 Å². The van der Waals surface area contributed by atoms with Crippen molar-refractivity contribution < 1.29 is 23.9 Å². The maximum atomic E-state index is 12.3. The van der Waals surface area contributed by atoms with Crippen molar-refractivity contribution in [3.05, 3.63) is 29.8 Å². The highest BCUT2D eigenvalue weighted by atomic mass is 16.7. The number of benzene rings is 1. The van der Waals surface area contributed by atoms with Crippen LogP contribution in [0.2, 0.25) is 0 Å². The Kier molecular flexibility index (Phi) is 11.7. The quantitative estimate of drug-likeness (QED) is 0.337. The molecule has 0 aliphatic carbocycles. The second kappa shape index (κ2) is 14.6. The molecule has 172 valence electrons. The van der Waals surface area contributed by atoms with Crippen molar-refractivity contribution in [2.75, 3.05) is 6.61 Å². The lowest BCUT2D eigenvalue weighted by Crippen LogP contribution is -2.25. The molecule has 0 amide bonds. The molecular weight excluding hydrogens is 394 g/mol. The maximum Gasteiger partial charge on any atom is 0.374 e. The number of rotatable bonds is 4. The van der Waals surface area contributed by atoms with Gasteiger partial charge >= 0.3 is 11.9 Å². The Balaban J connectivity index is 1.85. The Labute approximate surface area is 186 Å². The number of cyclic esters (lactones) is 1. The number of esters is 1. The second-order valence-electron chi connectivity index (χ2n) is 8.29. The summed E-state index contributed by atoms with van der Waals surface area (Å²) in [6, 6.07) is 7.51. The van der Waals surface area contributed by atoms with Gasteiger partial charge in [-0.2, -0.15) is 0 Å². The molecule has 0 bridgehead atoms. The molecule has 31 heavy (non-hydrogen) atoms. The average molecular weight is 432 g/mol. The van der Waals surface area contributed by atoms with E-state index in [0.29, 0.717) is 31.6 Å². The van der Waals surface area contributed by atoms with Crippen molar-refractivity contribution in [1.29, 1.82) is 0 Å². The molecule has 6 nitrogen and oxygen atoms in total. The minimum atomic E-state index is -0.751. The number of carbonyl (C=O) groups excluding carboxylic acids is 2. The first-order valence-electron chi connectivity index (χ1n) is 11.7. The summed E-state index contributed by atoms with van der Waals surface area (Å²) in [5, 5.41) is 4.13. The molecule has 1 aromatic rings. The van der Waals surface area contributed by atoms with E-state index in [0.717, 1.165) is 43.4 Å². The molecule has 0 N–H and O–H groups in total. The second-order valence-corrected chi connectivity index (χ2v) is 8.29. The molecule has 0 radical (unpaired) electrons. The lowest BCUT2D eigenvalue weighted by Gasteiger charge is -2.13. The van der Waals surface area contributed by atoms with E-state index in [1.54, 1.807) is 6.92 Å². The highest BCUT2D eigenvalue weighted by Crippen LogP contribution is 2.15. The molecule has 2 rings (SSSR count). The minimum Gasteiger partial charge on any atom is -0.479 e. The third-order valence-electron chi connectivity index (χ3n) is 5.40. The number of hydrogen-bond donors (Lipinski definition) is 0. The van der Waals surface area contributed by atoms with Crippen molar-refractivity contribution >= 4 is 17.7 Å². The molecule has 1 aromatic carbocycles. The van der Waals surface area contributed by atoms with Crippen molar-refractivity contribution in [3.63, 3.8) is 0 Å². The van der Waals surface area contributed by atoms with Gasteiger partial charge < -0.3 is 14.3 Å². The fourth-order valence-corrected chi connectivity index (χ4v) is 3.46. The fraction of sp³-hybridized carbons (Fsp3) is 0.640. The van der Waals surface area contributed by atoms with Crippen LogP contribution >= 0.6 is 0 Å². The van der Waals surface area contributed by atoms with Gasteiger partial charge in [-0.3, -0.25) is 4.79 Å². The number of oxime groups is 1. The largest absolute Gasteiger partial charge is 0.479 e. The number of hydrogen-bond acceptors (Lipinski definition) is 6. The van der Waals surface area contributed by atoms with E-state index in [-0.39, 0.29) is 5.97 Å². The van der Waals surface area contributed by atoms with Gasteiger partial charge in [0.15, 0.2) is 6.10 Å². The van der Waals surface area contributed by atoms with Gasteiger partial charge in [0.05, 0.1) is 12.3 Å². The SMILES string of the molecule is Cc1ccc(OC(C)C(=O)O/N=C2/CCCCCCCCCCC(=O)OCCC2)cc1. The summed E-state index contributed by atoms with van der Waals surface area (Å²) < 4.78 is 10.9. The van der Waals surface area contributed by atoms with Crippen LogP contribution in [-0.2, 0) is 19.2 Å². The van der Waals surface area contributed by atoms with Crippen LogP contribution in [0.4, 0.5) is 0 Å². The summed E-state index contributed by atoms with van der Waals surface area (Å²) in [6.45, 7) is 4.02. The van der Waals surface area contributed by atoms with Gasteiger partial charge in [0.25, 0.3) is 0 Å². The number of carbonyl (C=O) groups is 2. The van der Waals surface area contributed by atoms with Crippen LogP contribution in [0.1, 0.15) is 89.5 Å². The Hall–Kier alpha value is -2.37. The number of aryl methyl sites for hydroxylation is 1. The summed E-state index contributed by atoms with van der Waals surface area (Å²) in [5.41, 5.74) is 1.96. The van der Waals surface area contributed by atoms with Gasteiger partial charge in [-0.25, -0.2) is 4.79 Å². The zero-order valence-electron chi connectivity index (χ0n) is 19.1. The molecule has 0 aromatic heterocycles. The summed E-state index contributed by atoms with van der Waals surface area (Å²) >= 11 is 0. The molecule has 1 aliphatic rings. The van der Waals surface area contributed by atoms with Crippen LogP contribution in [0.15, 0.2) is 29.4 Å². The van der Waals surface area contributed by atoms with E-state index in [9.17, 15) is 9.59 Å². The van der Waals surface area contributed by atoms with Gasteiger partial charge in [0.1, 0.15) is 5.75 Å². The summed E-state index contributed by atoms with van der Waals surface area (Å²) in [7, 11) is 0. The zero-order valence-corrected chi connectivity index (χ0v) is 19.1. The Morgan fingerprint density at radius 2 is 1.48 bits per heavy atom. The van der Waals surface area contributed by atoms with Crippen LogP contribution in [0, 0.1) is 6.92 Å². The van der Waals surface area contributed by atoms with Crippen molar-refractivity contribution in [3.8, 4) is 5.75 Å². The fourth-order valence-electron chi connectivity index (χ4n) is 3.46. The molecule has 1 heterocycles. The maximum absolute atomic E-state index is 12.3. The molecular formula is C25H37NO5. The van der Waals surface area contributed by atoms with E-state index in [4.69, 9.17) is 14.3 Å². The molecule has 0 spiro atoms. The third kappa shape index (κ3) is 11.0. The Bertz CT molecular complexity index is 698. The first-order chi connectivity index (χ1) is 15.0. The van der Waals surface area contributed by atoms with Crippen LogP contribution in [0.3, 0.4) is 0 Å². The van der Waals surface area contributed by atoms with Crippen LogP contribution in [0.5, 0.6) is 5.75 Å². The molecule has 6 heteroatoms. The standard InChI is InChI=1S/C25H37NO5/c1-20-15-17-23(18-16-20)30-21(2)25(28)31-26-22-12-9-7-5-3-4-6-8-10-14-24(27)29-19-11-13-22/h15-18,21H,3-14,19H2,1-2H3/b26-22-. The Morgan fingerprint density at radius 3 is 2.16 bits per heavy atom. The van der Waals surface area contributed by atoms with Crippen LogP contribution < -0.4 is 4.74 Å². The monoisotopic (exact) mass is 431 g/mol. The van der Waals surface area contributed by atoms with E-state index < -0.39 is 12.1 Å². The number of ether oxygens (including phenoxy) is 2. The van der Waals surface area contributed by atoms with Gasteiger partial charge in [-0.1, -0.05) is 61.4 Å². The van der Waals surface area contributed by atoms with Gasteiger partial charge in [-0.15, -0.1) is 0 Å². The lowest BCUT2D eigenvalue weighted by molar-refractivity contribution is -0.151. The topological polar surface area (TPSA) is 74.2 Å². The van der Waals surface area contributed by atoms with Gasteiger partial charge in [-0.05, 0) is 58.1 Å². The van der Waals surface area contributed by atoms with Crippen molar-refractivity contribution in [2.24, 2.45) is 5.16 Å². The van der Waals surface area contributed by atoms with Crippen LogP contribution in [-0.4, -0.2) is 30.4 Å². The first-order valence-corrected chi connectivity index (χ1v) is 11.7. The van der Waals surface area contributed by atoms with E-state index in [2.05, 4.69) is 5.16 Å². The third-order valence-corrected chi connectivity index (χ3v) is 5.40. The molecule has 1 saturated heterocycles. The molecule has 1 aliphatic heterocycles. The summed E-state index contributed by atoms with van der Waals surface area (Å²) in [4.78, 5) is 29.3. The summed E-state index contributed by atoms with van der Waals surface area (Å²) in [5.74, 6) is -0.0278. The predicted molar refractivity (Wildman–Crippen MR) is 121 cm³/mol. The van der Waals surface area contributed by atoms with Gasteiger partial charge in [0, 0.05) is 6.42 Å². The van der Waals surface area contributed by atoms with Crippen molar-refractivity contribution in [2.45, 2.75) is 97.0 Å². The Morgan fingerprint density at radius 1 is 0.903 bits per heavy atom. The molecule has 1 unspecified atom stereocenters. The lowest BCUT2D eigenvalue weighted by atomic mass is 10.0. The van der Waals surface area contributed by atoms with Crippen LogP contribution in [0.25, 0.3) is 0 Å². The van der Waals surface area contributed by atoms with Gasteiger partial charge in [0.2, 0.25) is 0 Å². The minimum absolute atomic E-state index is 0.126. The van der Waals surface area contributed by atoms with Crippen molar-refractivity contribution in [1.82, 2.24) is 0 Å². The summed E-state index contributed by atoms with van der Waals surface area (Å²) in [6.07, 6.45) is 10.9. The molecule has 1 fully saturated rings. The molecule has 1 atom stereocenters. The highest BCUT2D eigenvalue weighted by molar-refractivity contribution is 5.85. The van der Waals surface area contributed by atoms with E-state index in [1.165, 1.54) is 25.7 Å². The van der Waals surface area contributed by atoms with E-state index in [1.807, 2.05) is 31.2 Å². The zero-order chi connectivity index (χ0) is 22.3. The first kappa shape index (κ1) is 24.9. The normalized spacial score (nSPS) is 19.9. The average Bonchev–Trinajstić information content (AvgIpc) is 2.76. The number of nitrogens with zero attached hydrogens (tertiary/aromatic N) is 1.